The highest BCUT2D eigenvalue weighted by Crippen LogP contribution is 2.17. The summed E-state index contributed by atoms with van der Waals surface area (Å²) in [6.07, 6.45) is 10.8. The molecular formula is C16H25NO2. The number of nitrogens with zero attached hydrogens (tertiary/aromatic N) is 1. The van der Waals surface area contributed by atoms with Crippen molar-refractivity contribution in [3.05, 3.63) is 23.9 Å². The van der Waals surface area contributed by atoms with E-state index in [0.717, 1.165) is 12.8 Å². The molecule has 0 spiro atoms. The number of rotatable bonds is 10. The molecule has 106 valence electrons. The van der Waals surface area contributed by atoms with Crippen LogP contribution in [0.4, 0.5) is 0 Å². The second kappa shape index (κ2) is 9.54. The second-order valence-electron chi connectivity index (χ2n) is 4.85. The standard InChI is InChI=1S/C16H25NO2/c1-3-4-5-6-7-8-9-12-15(18)14-11-10-13-17-16(14)19-2/h10-11,13H,3-9,12H2,1-2H3. The third-order valence-corrected chi connectivity index (χ3v) is 3.27. The fourth-order valence-corrected chi connectivity index (χ4v) is 2.14. The predicted octanol–water partition coefficient (Wildman–Crippen LogP) is 4.41. The van der Waals surface area contributed by atoms with Crippen molar-refractivity contribution >= 4 is 5.78 Å². The van der Waals surface area contributed by atoms with E-state index in [1.165, 1.54) is 32.1 Å². The molecule has 0 aliphatic heterocycles. The summed E-state index contributed by atoms with van der Waals surface area (Å²) in [6, 6.07) is 3.57. The summed E-state index contributed by atoms with van der Waals surface area (Å²) < 4.78 is 5.11. The van der Waals surface area contributed by atoms with Crippen molar-refractivity contribution in [3.63, 3.8) is 0 Å². The maximum atomic E-state index is 12.0. The Kier molecular flexibility index (Phi) is 7.87. The van der Waals surface area contributed by atoms with Gasteiger partial charge in [0.1, 0.15) is 0 Å². The molecule has 1 aromatic heterocycles. The number of Topliss-reactive ketones (excluding diaryl/α,β-unsaturated/α-hetero) is 1. The van der Waals surface area contributed by atoms with Gasteiger partial charge in [0.15, 0.2) is 5.78 Å². The molecule has 0 N–H and O–H groups in total. The van der Waals surface area contributed by atoms with Crippen molar-refractivity contribution in [1.29, 1.82) is 0 Å². The van der Waals surface area contributed by atoms with E-state index in [1.807, 2.05) is 0 Å². The number of carbonyl (C=O) groups excluding carboxylic acids is 1. The quantitative estimate of drug-likeness (QED) is 0.463. The number of aromatic nitrogens is 1. The summed E-state index contributed by atoms with van der Waals surface area (Å²) in [4.78, 5) is 16.1. The lowest BCUT2D eigenvalue weighted by molar-refractivity contribution is 0.0975. The molecule has 0 radical (unpaired) electrons. The molecule has 3 heteroatoms. The fraction of sp³-hybridized carbons (Fsp3) is 0.625. The lowest BCUT2D eigenvalue weighted by Crippen LogP contribution is -2.03. The van der Waals surface area contributed by atoms with Crippen molar-refractivity contribution in [1.82, 2.24) is 4.98 Å². The third-order valence-electron chi connectivity index (χ3n) is 3.27. The first-order valence-corrected chi connectivity index (χ1v) is 7.31. The van der Waals surface area contributed by atoms with Gasteiger partial charge >= 0.3 is 0 Å². The Morgan fingerprint density at radius 2 is 1.84 bits per heavy atom. The minimum atomic E-state index is 0.138. The van der Waals surface area contributed by atoms with E-state index in [1.54, 1.807) is 25.4 Å². The van der Waals surface area contributed by atoms with Crippen LogP contribution in [0.15, 0.2) is 18.3 Å². The van der Waals surface area contributed by atoms with E-state index in [-0.39, 0.29) is 5.78 Å². The van der Waals surface area contributed by atoms with Gasteiger partial charge in [0.2, 0.25) is 5.88 Å². The Balaban J connectivity index is 2.24. The van der Waals surface area contributed by atoms with Crippen molar-refractivity contribution in [2.45, 2.75) is 58.3 Å². The van der Waals surface area contributed by atoms with Crippen LogP contribution in [0.5, 0.6) is 5.88 Å². The molecule has 1 aromatic rings. The summed E-state index contributed by atoms with van der Waals surface area (Å²) >= 11 is 0. The summed E-state index contributed by atoms with van der Waals surface area (Å²) in [5.74, 6) is 0.578. The number of hydrogen-bond donors (Lipinski definition) is 0. The molecule has 0 fully saturated rings. The Bertz CT molecular complexity index is 377. The molecule has 0 aliphatic carbocycles. The van der Waals surface area contributed by atoms with Crippen LogP contribution in [0.3, 0.4) is 0 Å². The molecule has 0 aliphatic rings. The van der Waals surface area contributed by atoms with E-state index >= 15 is 0 Å². The first-order valence-electron chi connectivity index (χ1n) is 7.31. The molecule has 0 aromatic carbocycles. The number of methoxy groups -OCH3 is 1. The van der Waals surface area contributed by atoms with E-state index in [0.29, 0.717) is 17.9 Å². The van der Waals surface area contributed by atoms with E-state index in [4.69, 9.17) is 4.74 Å². The Labute approximate surface area is 116 Å². The van der Waals surface area contributed by atoms with Crippen LogP contribution in [-0.2, 0) is 0 Å². The highest BCUT2D eigenvalue weighted by Gasteiger charge is 2.11. The largest absolute Gasteiger partial charge is 0.480 e. The van der Waals surface area contributed by atoms with Crippen LogP contribution in [0.25, 0.3) is 0 Å². The van der Waals surface area contributed by atoms with Crippen molar-refractivity contribution in [2.75, 3.05) is 7.11 Å². The summed E-state index contributed by atoms with van der Waals surface area (Å²) in [7, 11) is 1.55. The van der Waals surface area contributed by atoms with Crippen LogP contribution in [0.2, 0.25) is 0 Å². The highest BCUT2D eigenvalue weighted by molar-refractivity contribution is 5.98. The van der Waals surface area contributed by atoms with Crippen LogP contribution < -0.4 is 4.74 Å². The number of unbranched alkanes of at least 4 members (excludes halogenated alkanes) is 6. The van der Waals surface area contributed by atoms with Crippen LogP contribution >= 0.6 is 0 Å². The Morgan fingerprint density at radius 3 is 2.53 bits per heavy atom. The molecule has 0 saturated heterocycles. The smallest absolute Gasteiger partial charge is 0.224 e. The fourth-order valence-electron chi connectivity index (χ4n) is 2.14. The normalized spacial score (nSPS) is 10.4. The number of hydrogen-bond acceptors (Lipinski definition) is 3. The Morgan fingerprint density at radius 1 is 1.16 bits per heavy atom. The van der Waals surface area contributed by atoms with Gasteiger partial charge in [-0.05, 0) is 18.6 Å². The topological polar surface area (TPSA) is 39.2 Å². The third kappa shape index (κ3) is 5.86. The molecule has 0 unspecified atom stereocenters. The zero-order chi connectivity index (χ0) is 13.9. The molecule has 0 amide bonds. The van der Waals surface area contributed by atoms with E-state index < -0.39 is 0 Å². The van der Waals surface area contributed by atoms with Gasteiger partial charge in [0.25, 0.3) is 0 Å². The minimum Gasteiger partial charge on any atom is -0.480 e. The van der Waals surface area contributed by atoms with Gasteiger partial charge in [0, 0.05) is 12.6 Å². The molecule has 3 nitrogen and oxygen atoms in total. The molecule has 0 atom stereocenters. The average molecular weight is 263 g/mol. The molecule has 1 rings (SSSR count). The predicted molar refractivity (Wildman–Crippen MR) is 77.7 cm³/mol. The minimum absolute atomic E-state index is 0.138. The molecule has 1 heterocycles. The monoisotopic (exact) mass is 263 g/mol. The van der Waals surface area contributed by atoms with Crippen molar-refractivity contribution in [3.8, 4) is 5.88 Å². The van der Waals surface area contributed by atoms with Gasteiger partial charge < -0.3 is 4.74 Å². The molecule has 19 heavy (non-hydrogen) atoms. The molecule has 0 saturated carbocycles. The van der Waals surface area contributed by atoms with Crippen LogP contribution in [-0.4, -0.2) is 17.9 Å². The van der Waals surface area contributed by atoms with Gasteiger partial charge in [-0.25, -0.2) is 4.98 Å². The summed E-state index contributed by atoms with van der Waals surface area (Å²) in [5.41, 5.74) is 0.607. The van der Waals surface area contributed by atoms with Gasteiger partial charge in [-0.2, -0.15) is 0 Å². The van der Waals surface area contributed by atoms with Crippen molar-refractivity contribution < 1.29 is 9.53 Å². The second-order valence-corrected chi connectivity index (χ2v) is 4.85. The van der Waals surface area contributed by atoms with Gasteiger partial charge in [-0.3, -0.25) is 4.79 Å². The van der Waals surface area contributed by atoms with Gasteiger partial charge in [0.05, 0.1) is 12.7 Å². The molecule has 0 bridgehead atoms. The summed E-state index contributed by atoms with van der Waals surface area (Å²) in [5, 5.41) is 0. The molecular weight excluding hydrogens is 238 g/mol. The number of pyridine rings is 1. The maximum absolute atomic E-state index is 12.0. The summed E-state index contributed by atoms with van der Waals surface area (Å²) in [6.45, 7) is 2.22. The van der Waals surface area contributed by atoms with Crippen LogP contribution in [0.1, 0.15) is 68.6 Å². The van der Waals surface area contributed by atoms with E-state index in [2.05, 4.69) is 11.9 Å². The maximum Gasteiger partial charge on any atom is 0.224 e. The first kappa shape index (κ1) is 15.7. The van der Waals surface area contributed by atoms with E-state index in [9.17, 15) is 4.79 Å². The van der Waals surface area contributed by atoms with Crippen LogP contribution in [0, 0.1) is 0 Å². The van der Waals surface area contributed by atoms with Crippen molar-refractivity contribution in [2.24, 2.45) is 0 Å². The average Bonchev–Trinajstić information content (AvgIpc) is 2.46. The zero-order valence-corrected chi connectivity index (χ0v) is 12.2. The Hall–Kier alpha value is -1.38. The number of carbonyl (C=O) groups is 1. The number of ether oxygens (including phenoxy) is 1. The lowest BCUT2D eigenvalue weighted by atomic mass is 10.0. The highest BCUT2D eigenvalue weighted by atomic mass is 16.5. The van der Waals surface area contributed by atoms with Gasteiger partial charge in [-0.1, -0.05) is 45.4 Å². The SMILES string of the molecule is CCCCCCCCCC(=O)c1cccnc1OC. The first-order chi connectivity index (χ1) is 9.29. The van der Waals surface area contributed by atoms with Gasteiger partial charge in [-0.15, -0.1) is 0 Å². The zero-order valence-electron chi connectivity index (χ0n) is 12.2. The number of ketones is 1. The lowest BCUT2D eigenvalue weighted by Gasteiger charge is -2.05.